The molecule has 2 amide bonds. The summed E-state index contributed by atoms with van der Waals surface area (Å²) in [7, 11) is 1.56. The van der Waals surface area contributed by atoms with Crippen LogP contribution in [0.15, 0.2) is 42.5 Å². The van der Waals surface area contributed by atoms with Gasteiger partial charge in [0, 0.05) is 11.1 Å². The Kier molecular flexibility index (Phi) is 9.81. The molecule has 0 aliphatic carbocycles. The van der Waals surface area contributed by atoms with Crippen LogP contribution in [0.2, 0.25) is 0 Å². The Morgan fingerprint density at radius 2 is 1.70 bits per heavy atom. The highest BCUT2D eigenvalue weighted by Crippen LogP contribution is 2.21. The summed E-state index contributed by atoms with van der Waals surface area (Å²) in [5, 5.41) is 2.50. The van der Waals surface area contributed by atoms with Crippen LogP contribution in [-0.4, -0.2) is 30.6 Å². The lowest BCUT2D eigenvalue weighted by molar-refractivity contribution is 0.0934. The van der Waals surface area contributed by atoms with E-state index in [0.717, 1.165) is 22.8 Å². The van der Waals surface area contributed by atoms with Crippen LogP contribution in [0.5, 0.6) is 11.5 Å². The topological polar surface area (TPSA) is 88.7 Å². The summed E-state index contributed by atoms with van der Waals surface area (Å²) in [4.78, 5) is 24.5. The number of unbranched alkanes of at least 4 members (excludes halogenated alkanes) is 2. The van der Waals surface area contributed by atoms with Gasteiger partial charge in [0.15, 0.2) is 5.11 Å². The maximum absolute atomic E-state index is 12.3. The highest BCUT2D eigenvalue weighted by Gasteiger charge is 2.11. The number of hydrogen-bond acceptors (Lipinski definition) is 5. The van der Waals surface area contributed by atoms with Gasteiger partial charge in [-0.05, 0) is 83.7 Å². The molecule has 0 spiro atoms. The van der Waals surface area contributed by atoms with Gasteiger partial charge in [0.25, 0.3) is 11.8 Å². The van der Waals surface area contributed by atoms with Crippen LogP contribution in [0.25, 0.3) is 0 Å². The van der Waals surface area contributed by atoms with Crippen molar-refractivity contribution in [2.75, 3.05) is 13.7 Å². The summed E-state index contributed by atoms with van der Waals surface area (Å²) in [6.45, 7) is 2.79. The Bertz CT molecular complexity index is 890. The summed E-state index contributed by atoms with van der Waals surface area (Å²) in [6.07, 6.45) is 3.26. The smallest absolute Gasteiger partial charge is 0.269 e. The van der Waals surface area contributed by atoms with Gasteiger partial charge < -0.3 is 9.47 Å². The molecule has 160 valence electrons. The zero-order valence-electron chi connectivity index (χ0n) is 16.8. The van der Waals surface area contributed by atoms with Crippen molar-refractivity contribution >= 4 is 51.7 Å². The number of carbonyl (C=O) groups excluding carboxylic acids is 2. The summed E-state index contributed by atoms with van der Waals surface area (Å²) in [6, 6.07) is 11.8. The average molecular weight is 541 g/mol. The van der Waals surface area contributed by atoms with E-state index >= 15 is 0 Å². The predicted molar refractivity (Wildman–Crippen MR) is 128 cm³/mol. The number of nitrogens with one attached hydrogen (secondary N) is 3. The van der Waals surface area contributed by atoms with Crippen molar-refractivity contribution in [3.8, 4) is 11.5 Å². The number of hydrogen-bond donors (Lipinski definition) is 3. The number of methoxy groups -OCH3 is 1. The first-order valence-electron chi connectivity index (χ1n) is 9.42. The predicted octanol–water partition coefficient (Wildman–Crippen LogP) is 3.82. The number of rotatable bonds is 8. The van der Waals surface area contributed by atoms with Gasteiger partial charge in [0.1, 0.15) is 11.5 Å². The second kappa shape index (κ2) is 12.3. The van der Waals surface area contributed by atoms with Crippen LogP contribution < -0.4 is 25.6 Å². The van der Waals surface area contributed by atoms with Crippen LogP contribution in [0.3, 0.4) is 0 Å². The molecule has 0 atom stereocenters. The average Bonchev–Trinajstić information content (AvgIpc) is 2.75. The van der Waals surface area contributed by atoms with E-state index < -0.39 is 11.8 Å². The number of halogens is 1. The van der Waals surface area contributed by atoms with Crippen molar-refractivity contribution in [3.05, 3.63) is 57.2 Å². The molecule has 2 aromatic rings. The van der Waals surface area contributed by atoms with Gasteiger partial charge in [0.2, 0.25) is 0 Å². The van der Waals surface area contributed by atoms with Crippen molar-refractivity contribution < 1.29 is 19.1 Å². The van der Waals surface area contributed by atoms with E-state index in [1.807, 2.05) is 0 Å². The minimum absolute atomic E-state index is 0.0172. The van der Waals surface area contributed by atoms with E-state index in [-0.39, 0.29) is 5.11 Å². The largest absolute Gasteiger partial charge is 0.496 e. The minimum Gasteiger partial charge on any atom is -0.496 e. The van der Waals surface area contributed by atoms with Crippen molar-refractivity contribution in [2.24, 2.45) is 0 Å². The zero-order chi connectivity index (χ0) is 21.9. The molecule has 0 saturated carbocycles. The van der Waals surface area contributed by atoms with Crippen LogP contribution in [-0.2, 0) is 0 Å². The van der Waals surface area contributed by atoms with Gasteiger partial charge in [-0.15, -0.1) is 0 Å². The first-order valence-corrected chi connectivity index (χ1v) is 10.9. The molecule has 0 radical (unpaired) electrons. The highest BCUT2D eigenvalue weighted by molar-refractivity contribution is 14.1. The molecule has 3 N–H and O–H groups in total. The molecule has 30 heavy (non-hydrogen) atoms. The first kappa shape index (κ1) is 23.9. The van der Waals surface area contributed by atoms with Crippen LogP contribution in [0.4, 0.5) is 0 Å². The van der Waals surface area contributed by atoms with E-state index in [1.54, 1.807) is 49.6 Å². The fraction of sp³-hybridized carbons (Fsp3) is 0.286. The number of hydrazine groups is 1. The molecule has 0 aliphatic heterocycles. The van der Waals surface area contributed by atoms with Crippen LogP contribution >= 0.6 is 34.8 Å². The van der Waals surface area contributed by atoms with Crippen LogP contribution in [0.1, 0.15) is 46.9 Å². The maximum Gasteiger partial charge on any atom is 0.269 e. The fourth-order valence-electron chi connectivity index (χ4n) is 2.44. The molecule has 9 heteroatoms. The van der Waals surface area contributed by atoms with E-state index in [2.05, 4.69) is 45.7 Å². The van der Waals surface area contributed by atoms with E-state index in [0.29, 0.717) is 29.2 Å². The monoisotopic (exact) mass is 541 g/mol. The molecular formula is C21H24IN3O4S. The van der Waals surface area contributed by atoms with Crippen molar-refractivity contribution in [1.29, 1.82) is 0 Å². The normalized spacial score (nSPS) is 10.1. The quantitative estimate of drug-likeness (QED) is 0.204. The van der Waals surface area contributed by atoms with Crippen molar-refractivity contribution in [1.82, 2.24) is 16.2 Å². The molecular weight excluding hydrogens is 517 g/mol. The third-order valence-corrected chi connectivity index (χ3v) is 5.11. The second-order valence-corrected chi connectivity index (χ2v) is 7.86. The van der Waals surface area contributed by atoms with Gasteiger partial charge in [-0.3, -0.25) is 25.8 Å². The summed E-state index contributed by atoms with van der Waals surface area (Å²) < 4.78 is 11.6. The first-order chi connectivity index (χ1) is 14.4. The van der Waals surface area contributed by atoms with Gasteiger partial charge in [-0.2, -0.15) is 0 Å². The molecule has 2 rings (SSSR count). The van der Waals surface area contributed by atoms with Gasteiger partial charge >= 0.3 is 0 Å². The Hall–Kier alpha value is -2.40. The van der Waals surface area contributed by atoms with Gasteiger partial charge in [-0.1, -0.05) is 19.8 Å². The number of benzene rings is 2. The summed E-state index contributed by atoms with van der Waals surface area (Å²) in [5.41, 5.74) is 5.83. The molecule has 0 aliphatic rings. The lowest BCUT2D eigenvalue weighted by Gasteiger charge is -2.12. The Morgan fingerprint density at radius 3 is 2.33 bits per heavy atom. The number of thiocarbonyl (C=S) groups is 1. The highest BCUT2D eigenvalue weighted by atomic mass is 127. The lowest BCUT2D eigenvalue weighted by atomic mass is 10.2. The van der Waals surface area contributed by atoms with E-state index in [1.165, 1.54) is 0 Å². The molecule has 0 unspecified atom stereocenters. The van der Waals surface area contributed by atoms with E-state index in [9.17, 15) is 9.59 Å². The third-order valence-electron chi connectivity index (χ3n) is 4.06. The summed E-state index contributed by atoms with van der Waals surface area (Å²) >= 11 is 7.15. The standard InChI is InChI=1S/C21H24IN3O4S/c1-3-4-5-12-29-16-9-6-14(7-10-16)19(26)23-21(30)25-24-20(27)15-8-11-18(28-2)17(22)13-15/h6-11,13H,3-5,12H2,1-2H3,(H,24,27)(H2,23,25,26,30). The molecule has 0 fully saturated rings. The number of carbonyl (C=O) groups is 2. The Labute approximate surface area is 195 Å². The fourth-order valence-corrected chi connectivity index (χ4v) is 3.32. The SMILES string of the molecule is CCCCCOc1ccc(C(=O)NC(=S)NNC(=O)c2ccc(OC)c(I)c2)cc1. The third kappa shape index (κ3) is 7.45. The Balaban J connectivity index is 1.80. The maximum atomic E-state index is 12.3. The molecule has 0 aromatic heterocycles. The zero-order valence-corrected chi connectivity index (χ0v) is 19.8. The summed E-state index contributed by atoms with van der Waals surface area (Å²) in [5.74, 6) is 0.611. The van der Waals surface area contributed by atoms with Crippen LogP contribution in [0, 0.1) is 3.57 Å². The second-order valence-electron chi connectivity index (χ2n) is 6.29. The number of ether oxygens (including phenoxy) is 2. The van der Waals surface area contributed by atoms with Gasteiger partial charge in [0.05, 0.1) is 17.3 Å². The minimum atomic E-state index is -0.392. The van der Waals surface area contributed by atoms with E-state index in [4.69, 9.17) is 21.7 Å². The van der Waals surface area contributed by atoms with Crippen molar-refractivity contribution in [2.45, 2.75) is 26.2 Å². The molecule has 2 aromatic carbocycles. The molecule has 7 nitrogen and oxygen atoms in total. The molecule has 0 heterocycles. The lowest BCUT2D eigenvalue weighted by Crippen LogP contribution is -2.48. The Morgan fingerprint density at radius 1 is 1.00 bits per heavy atom. The van der Waals surface area contributed by atoms with Gasteiger partial charge in [-0.25, -0.2) is 0 Å². The molecule has 0 bridgehead atoms. The molecule has 0 saturated heterocycles. The van der Waals surface area contributed by atoms with Crippen molar-refractivity contribution in [3.63, 3.8) is 0 Å². The number of amides is 2.